The van der Waals surface area contributed by atoms with Crippen LogP contribution in [0.5, 0.6) is 0 Å². The number of hydrogen-bond acceptors (Lipinski definition) is 4. The van der Waals surface area contributed by atoms with Gasteiger partial charge in [-0.2, -0.15) is 0 Å². The lowest BCUT2D eigenvalue weighted by Gasteiger charge is -2.21. The Morgan fingerprint density at radius 3 is 1.79 bits per heavy atom. The maximum absolute atomic E-state index is 9.44. The third-order valence-electron chi connectivity index (χ3n) is 1.51. The van der Waals surface area contributed by atoms with E-state index in [1.165, 1.54) is 20.0 Å². The van der Waals surface area contributed by atoms with Crippen LogP contribution < -0.4 is 5.32 Å². The molecule has 0 spiro atoms. The molecular formula is C10H22N2O2. The molecule has 0 atom stereocenters. The number of nitrogens with one attached hydrogen (secondary N) is 1. The summed E-state index contributed by atoms with van der Waals surface area (Å²) in [6.07, 6.45) is 0.278. The van der Waals surface area contributed by atoms with Gasteiger partial charge < -0.3 is 10.2 Å². The molecule has 4 nitrogen and oxygen atoms in total. The zero-order valence-electron chi connectivity index (χ0n) is 9.67. The molecule has 0 unspecified atom stereocenters. The van der Waals surface area contributed by atoms with Gasteiger partial charge in [-0.15, -0.1) is 0 Å². The van der Waals surface area contributed by atoms with Crippen molar-refractivity contribution in [3.05, 3.63) is 0 Å². The second-order valence-electron chi connectivity index (χ2n) is 2.78. The minimum atomic E-state index is -0.426. The van der Waals surface area contributed by atoms with Crippen molar-refractivity contribution in [1.82, 2.24) is 10.2 Å². The van der Waals surface area contributed by atoms with E-state index in [0.717, 1.165) is 13.1 Å². The molecule has 0 amide bonds. The van der Waals surface area contributed by atoms with Crippen LogP contribution in [0.3, 0.4) is 0 Å². The predicted octanol–water partition coefficient (Wildman–Crippen LogP) is 0.322. The van der Waals surface area contributed by atoms with Gasteiger partial charge in [0, 0.05) is 33.1 Å². The highest BCUT2D eigenvalue weighted by Crippen LogP contribution is 1.83. The smallest absolute Gasteiger partial charge is 0.192 e. The van der Waals surface area contributed by atoms with E-state index in [1.54, 1.807) is 0 Å². The number of Topliss-reactive ketones (excluding diaryl/α,β-unsaturated/α-hetero) is 1. The Labute approximate surface area is 86.7 Å². The van der Waals surface area contributed by atoms with Crippen molar-refractivity contribution in [3.63, 3.8) is 0 Å². The van der Waals surface area contributed by atoms with Crippen LogP contribution in [0.15, 0.2) is 0 Å². The Bertz CT molecular complexity index is 143. The van der Waals surface area contributed by atoms with E-state index in [0.29, 0.717) is 0 Å². The van der Waals surface area contributed by atoms with Crippen LogP contribution in [-0.4, -0.2) is 50.2 Å². The monoisotopic (exact) mass is 202 g/mol. The van der Waals surface area contributed by atoms with Crippen LogP contribution in [0.2, 0.25) is 0 Å². The standard InChI is InChI=1S/C5H12N2.C3H4O2.C2H6/c1-7-4-2-6-3-5-7;1-3(5)2-4;1-2/h6H,2-5H2,1H3;2H,1H3;1-2H3. The number of carbonyl (C=O) groups is 2. The van der Waals surface area contributed by atoms with E-state index in [2.05, 4.69) is 17.3 Å². The quantitative estimate of drug-likeness (QED) is 0.491. The van der Waals surface area contributed by atoms with Gasteiger partial charge in [-0.3, -0.25) is 9.59 Å². The number of ketones is 1. The number of nitrogens with zero attached hydrogens (tertiary/aromatic N) is 1. The molecule has 0 aromatic carbocycles. The lowest BCUT2D eigenvalue weighted by Crippen LogP contribution is -2.40. The highest BCUT2D eigenvalue weighted by Gasteiger charge is 2.01. The van der Waals surface area contributed by atoms with Crippen LogP contribution in [0, 0.1) is 0 Å². The van der Waals surface area contributed by atoms with Crippen LogP contribution in [0.4, 0.5) is 0 Å². The summed E-state index contributed by atoms with van der Waals surface area (Å²) in [6.45, 7) is 9.96. The van der Waals surface area contributed by atoms with Crippen molar-refractivity contribution in [3.8, 4) is 0 Å². The van der Waals surface area contributed by atoms with Crippen molar-refractivity contribution >= 4 is 12.1 Å². The zero-order valence-corrected chi connectivity index (χ0v) is 9.67. The van der Waals surface area contributed by atoms with Gasteiger partial charge >= 0.3 is 0 Å². The molecule has 0 saturated carbocycles. The Morgan fingerprint density at radius 1 is 1.29 bits per heavy atom. The van der Waals surface area contributed by atoms with E-state index < -0.39 is 5.78 Å². The molecule has 1 saturated heterocycles. The average Bonchev–Trinajstić information content (AvgIpc) is 2.23. The summed E-state index contributed by atoms with van der Waals surface area (Å²) in [4.78, 5) is 20.9. The summed E-state index contributed by atoms with van der Waals surface area (Å²) in [7, 11) is 2.15. The fourth-order valence-electron chi connectivity index (χ4n) is 0.777. The van der Waals surface area contributed by atoms with Gasteiger partial charge in [0.2, 0.25) is 0 Å². The fourth-order valence-corrected chi connectivity index (χ4v) is 0.777. The molecule has 84 valence electrons. The molecule has 0 bridgehead atoms. The van der Waals surface area contributed by atoms with E-state index in [-0.39, 0.29) is 6.29 Å². The van der Waals surface area contributed by atoms with E-state index in [9.17, 15) is 4.79 Å². The summed E-state index contributed by atoms with van der Waals surface area (Å²) in [5.41, 5.74) is 0. The first kappa shape index (κ1) is 15.7. The Morgan fingerprint density at radius 2 is 1.64 bits per heavy atom. The Balaban J connectivity index is 0. The van der Waals surface area contributed by atoms with Crippen LogP contribution in [0.1, 0.15) is 20.8 Å². The molecule has 4 heteroatoms. The first-order valence-corrected chi connectivity index (χ1v) is 5.02. The van der Waals surface area contributed by atoms with Crippen molar-refractivity contribution in [1.29, 1.82) is 0 Å². The highest BCUT2D eigenvalue weighted by atomic mass is 16.2. The maximum atomic E-state index is 9.44. The van der Waals surface area contributed by atoms with E-state index in [1.807, 2.05) is 13.8 Å². The number of aldehydes is 1. The lowest BCUT2D eigenvalue weighted by molar-refractivity contribution is -0.128. The molecule has 0 aliphatic carbocycles. The van der Waals surface area contributed by atoms with Crippen molar-refractivity contribution in [2.75, 3.05) is 33.2 Å². The molecular weight excluding hydrogens is 180 g/mol. The molecule has 1 heterocycles. The van der Waals surface area contributed by atoms with Gasteiger partial charge in [0.15, 0.2) is 12.1 Å². The van der Waals surface area contributed by atoms with E-state index in [4.69, 9.17) is 4.79 Å². The second kappa shape index (κ2) is 12.3. The van der Waals surface area contributed by atoms with Crippen LogP contribution in [0.25, 0.3) is 0 Å². The molecule has 14 heavy (non-hydrogen) atoms. The van der Waals surface area contributed by atoms with Crippen LogP contribution >= 0.6 is 0 Å². The molecule has 0 aromatic heterocycles. The van der Waals surface area contributed by atoms with Crippen molar-refractivity contribution in [2.45, 2.75) is 20.8 Å². The maximum Gasteiger partial charge on any atom is 0.192 e. The number of hydrogen-bond donors (Lipinski definition) is 1. The van der Waals surface area contributed by atoms with Gasteiger partial charge in [0.25, 0.3) is 0 Å². The molecule has 1 aliphatic heterocycles. The number of piperazine rings is 1. The normalized spacial score (nSPS) is 15.4. The van der Waals surface area contributed by atoms with Crippen molar-refractivity contribution < 1.29 is 9.59 Å². The summed E-state index contributed by atoms with van der Waals surface area (Å²) in [6, 6.07) is 0. The highest BCUT2D eigenvalue weighted by molar-refractivity contribution is 6.23. The van der Waals surface area contributed by atoms with Gasteiger partial charge in [0.05, 0.1) is 0 Å². The summed E-state index contributed by atoms with van der Waals surface area (Å²) < 4.78 is 0. The number of carbonyl (C=O) groups excluding carboxylic acids is 2. The lowest BCUT2D eigenvalue weighted by atomic mass is 10.4. The van der Waals surface area contributed by atoms with Gasteiger partial charge in [0.1, 0.15) is 0 Å². The fraction of sp³-hybridized carbons (Fsp3) is 0.800. The van der Waals surface area contributed by atoms with Crippen molar-refractivity contribution in [2.24, 2.45) is 0 Å². The van der Waals surface area contributed by atoms with Gasteiger partial charge in [-0.1, -0.05) is 13.8 Å². The largest absolute Gasteiger partial charge is 0.314 e. The number of likely N-dealkylation sites (N-methyl/N-ethyl adjacent to an activating group) is 1. The first-order chi connectivity index (χ1) is 6.66. The number of rotatable bonds is 1. The van der Waals surface area contributed by atoms with Gasteiger partial charge in [-0.25, -0.2) is 0 Å². The second-order valence-corrected chi connectivity index (χ2v) is 2.78. The Hall–Kier alpha value is -0.740. The molecule has 0 radical (unpaired) electrons. The van der Waals surface area contributed by atoms with E-state index >= 15 is 0 Å². The minimum Gasteiger partial charge on any atom is -0.314 e. The molecule has 0 aromatic rings. The third kappa shape index (κ3) is 13.8. The summed E-state index contributed by atoms with van der Waals surface area (Å²) in [5, 5.41) is 3.27. The van der Waals surface area contributed by atoms with Crippen LogP contribution in [-0.2, 0) is 9.59 Å². The summed E-state index contributed by atoms with van der Waals surface area (Å²) >= 11 is 0. The first-order valence-electron chi connectivity index (χ1n) is 5.02. The molecule has 1 fully saturated rings. The molecule has 1 rings (SSSR count). The zero-order chi connectivity index (χ0) is 11.4. The summed E-state index contributed by atoms with van der Waals surface area (Å²) in [5.74, 6) is -0.426. The minimum absolute atomic E-state index is 0.278. The molecule has 1 N–H and O–H groups in total. The van der Waals surface area contributed by atoms with Gasteiger partial charge in [-0.05, 0) is 7.05 Å². The topological polar surface area (TPSA) is 49.4 Å². The SMILES string of the molecule is CC.CC(=O)C=O.CN1CCNCC1. The molecule has 1 aliphatic rings. The average molecular weight is 202 g/mol. The Kier molecular flexibility index (Phi) is 13.8. The predicted molar refractivity (Wildman–Crippen MR) is 58.5 cm³/mol. The third-order valence-corrected chi connectivity index (χ3v) is 1.51.